The Hall–Kier alpha value is -2.52. The summed E-state index contributed by atoms with van der Waals surface area (Å²) < 4.78 is 7.60. The Labute approximate surface area is 155 Å². The summed E-state index contributed by atoms with van der Waals surface area (Å²) in [6, 6.07) is 1.74. The number of rotatable bonds is 4. The highest BCUT2D eigenvalue weighted by Gasteiger charge is 2.28. The van der Waals surface area contributed by atoms with Gasteiger partial charge in [0.1, 0.15) is 28.9 Å². The lowest BCUT2D eigenvalue weighted by Crippen LogP contribution is -2.29. The number of amides is 1. The number of anilines is 3. The molecule has 2 aliphatic rings. The van der Waals surface area contributed by atoms with Gasteiger partial charge in [0.05, 0.1) is 18.1 Å². The second kappa shape index (κ2) is 7.00. The van der Waals surface area contributed by atoms with E-state index in [9.17, 15) is 4.79 Å². The molecular weight excluding hydrogens is 358 g/mol. The Bertz CT molecular complexity index is 819. The van der Waals surface area contributed by atoms with Crippen LogP contribution in [0.25, 0.3) is 0 Å². The standard InChI is InChI=1S/C16H20ClN7O2/c17-9-5-21-15-13(14(18)23-24(15)8-9)16(25)22-11-7-20-4-2-12(11)26-10-1-3-19-6-10/h2,4,7,9-10,19,21H,1,3,5-6,8H2,(H2,18,23)(H,22,25)/t9?,10-/m1/s1. The van der Waals surface area contributed by atoms with Crippen LogP contribution < -0.4 is 26.4 Å². The number of fused-ring (bicyclic) bond motifs is 1. The average molecular weight is 378 g/mol. The smallest absolute Gasteiger partial charge is 0.263 e. The monoisotopic (exact) mass is 377 g/mol. The van der Waals surface area contributed by atoms with Crippen LogP contribution in [0.3, 0.4) is 0 Å². The number of hydrogen-bond acceptors (Lipinski definition) is 7. The number of alkyl halides is 1. The van der Waals surface area contributed by atoms with Gasteiger partial charge in [-0.2, -0.15) is 5.10 Å². The molecule has 1 amide bonds. The summed E-state index contributed by atoms with van der Waals surface area (Å²) in [4.78, 5) is 16.9. The quantitative estimate of drug-likeness (QED) is 0.584. The lowest BCUT2D eigenvalue weighted by atomic mass is 10.2. The van der Waals surface area contributed by atoms with Crippen molar-refractivity contribution >= 4 is 34.8 Å². The van der Waals surface area contributed by atoms with Crippen LogP contribution in [0.5, 0.6) is 5.75 Å². The summed E-state index contributed by atoms with van der Waals surface area (Å²) >= 11 is 6.12. The van der Waals surface area contributed by atoms with E-state index >= 15 is 0 Å². The fourth-order valence-corrected chi connectivity index (χ4v) is 3.35. The number of carbonyl (C=O) groups excluding carboxylic acids is 1. The molecule has 1 saturated heterocycles. The first-order valence-corrected chi connectivity index (χ1v) is 8.92. The molecule has 138 valence electrons. The molecule has 0 aromatic carbocycles. The van der Waals surface area contributed by atoms with Crippen LogP contribution in [0, 0.1) is 0 Å². The van der Waals surface area contributed by atoms with E-state index in [1.165, 1.54) is 0 Å². The van der Waals surface area contributed by atoms with Crippen molar-refractivity contribution < 1.29 is 9.53 Å². The van der Waals surface area contributed by atoms with E-state index in [1.54, 1.807) is 23.1 Å². The van der Waals surface area contributed by atoms with E-state index < -0.39 is 0 Å². The number of hydrogen-bond donors (Lipinski definition) is 4. The molecule has 1 fully saturated rings. The van der Waals surface area contributed by atoms with Crippen LogP contribution >= 0.6 is 11.6 Å². The van der Waals surface area contributed by atoms with Gasteiger partial charge in [-0.05, 0) is 13.0 Å². The Morgan fingerprint density at radius 1 is 1.46 bits per heavy atom. The Morgan fingerprint density at radius 2 is 2.35 bits per heavy atom. The third kappa shape index (κ3) is 3.27. The number of halogens is 1. The van der Waals surface area contributed by atoms with Gasteiger partial charge >= 0.3 is 0 Å². The number of nitrogens with two attached hydrogens (primary N) is 1. The first kappa shape index (κ1) is 16.9. The molecule has 2 atom stereocenters. The molecule has 0 saturated carbocycles. The number of aromatic nitrogens is 3. The maximum Gasteiger partial charge on any atom is 0.263 e. The van der Waals surface area contributed by atoms with Gasteiger partial charge < -0.3 is 26.4 Å². The van der Waals surface area contributed by atoms with E-state index in [2.05, 4.69) is 26.0 Å². The molecule has 1 unspecified atom stereocenters. The van der Waals surface area contributed by atoms with Gasteiger partial charge in [-0.1, -0.05) is 0 Å². The fourth-order valence-electron chi connectivity index (χ4n) is 3.15. The maximum absolute atomic E-state index is 12.8. The minimum atomic E-state index is -0.369. The average Bonchev–Trinajstić information content (AvgIpc) is 3.23. The molecule has 26 heavy (non-hydrogen) atoms. The van der Waals surface area contributed by atoms with Crippen LogP contribution in [-0.4, -0.2) is 51.8 Å². The number of carbonyl (C=O) groups is 1. The predicted molar refractivity (Wildman–Crippen MR) is 98.9 cm³/mol. The Morgan fingerprint density at radius 3 is 3.15 bits per heavy atom. The zero-order chi connectivity index (χ0) is 18.1. The summed E-state index contributed by atoms with van der Waals surface area (Å²) in [5.74, 6) is 0.937. The van der Waals surface area contributed by atoms with E-state index in [-0.39, 0.29) is 23.2 Å². The van der Waals surface area contributed by atoms with Crippen molar-refractivity contribution in [3.8, 4) is 5.75 Å². The maximum atomic E-state index is 12.8. The topological polar surface area (TPSA) is 119 Å². The Kier molecular flexibility index (Phi) is 4.56. The first-order valence-electron chi connectivity index (χ1n) is 8.49. The largest absolute Gasteiger partial charge is 0.487 e. The van der Waals surface area contributed by atoms with Crippen LogP contribution in [-0.2, 0) is 6.54 Å². The zero-order valence-corrected chi connectivity index (χ0v) is 14.8. The minimum absolute atomic E-state index is 0.0735. The predicted octanol–water partition coefficient (Wildman–Crippen LogP) is 0.886. The summed E-state index contributed by atoms with van der Waals surface area (Å²) in [6.07, 6.45) is 4.18. The summed E-state index contributed by atoms with van der Waals surface area (Å²) in [5, 5.41) is 13.3. The normalized spacial score (nSPS) is 21.7. The number of nitrogens with zero attached hydrogens (tertiary/aromatic N) is 3. The van der Waals surface area contributed by atoms with Gasteiger partial charge in [0.25, 0.3) is 5.91 Å². The van der Waals surface area contributed by atoms with Gasteiger partial charge in [0.15, 0.2) is 5.82 Å². The van der Waals surface area contributed by atoms with Crippen molar-refractivity contribution in [3.63, 3.8) is 0 Å². The Balaban J connectivity index is 1.56. The fraction of sp³-hybridized carbons (Fsp3) is 0.438. The van der Waals surface area contributed by atoms with Gasteiger partial charge in [0, 0.05) is 25.4 Å². The van der Waals surface area contributed by atoms with E-state index in [4.69, 9.17) is 22.1 Å². The van der Waals surface area contributed by atoms with E-state index in [0.29, 0.717) is 35.9 Å². The van der Waals surface area contributed by atoms with Crippen LogP contribution in [0.15, 0.2) is 18.5 Å². The molecule has 0 bridgehead atoms. The van der Waals surface area contributed by atoms with Crippen LogP contribution in [0.2, 0.25) is 0 Å². The zero-order valence-electron chi connectivity index (χ0n) is 14.0. The molecule has 9 nitrogen and oxygen atoms in total. The van der Waals surface area contributed by atoms with Gasteiger partial charge in [-0.15, -0.1) is 11.6 Å². The molecule has 2 aliphatic heterocycles. The van der Waals surface area contributed by atoms with Gasteiger partial charge in [-0.3, -0.25) is 9.78 Å². The van der Waals surface area contributed by atoms with Crippen molar-refractivity contribution in [2.75, 3.05) is 36.0 Å². The molecule has 4 heterocycles. The molecule has 10 heteroatoms. The van der Waals surface area contributed by atoms with Gasteiger partial charge in [0.2, 0.25) is 0 Å². The second-order valence-electron chi connectivity index (χ2n) is 6.33. The molecule has 0 spiro atoms. The molecule has 4 rings (SSSR count). The highest BCUT2D eigenvalue weighted by Crippen LogP contribution is 2.30. The summed E-state index contributed by atoms with van der Waals surface area (Å²) in [5.41, 5.74) is 6.75. The third-order valence-corrected chi connectivity index (χ3v) is 4.70. The lowest BCUT2D eigenvalue weighted by molar-refractivity contribution is 0.102. The lowest BCUT2D eigenvalue weighted by Gasteiger charge is -2.21. The second-order valence-corrected chi connectivity index (χ2v) is 6.94. The number of ether oxygens (including phenoxy) is 1. The molecule has 0 aliphatic carbocycles. The molecule has 2 aromatic heterocycles. The van der Waals surface area contributed by atoms with Crippen LogP contribution in [0.4, 0.5) is 17.3 Å². The molecular formula is C16H20ClN7O2. The van der Waals surface area contributed by atoms with E-state index in [0.717, 1.165) is 19.5 Å². The molecule has 5 N–H and O–H groups in total. The van der Waals surface area contributed by atoms with E-state index in [1.807, 2.05) is 0 Å². The highest BCUT2D eigenvalue weighted by atomic mass is 35.5. The highest BCUT2D eigenvalue weighted by molar-refractivity contribution is 6.21. The van der Waals surface area contributed by atoms with Crippen molar-refractivity contribution in [2.24, 2.45) is 0 Å². The summed E-state index contributed by atoms with van der Waals surface area (Å²) in [7, 11) is 0. The molecule has 0 radical (unpaired) electrons. The van der Waals surface area contributed by atoms with Gasteiger partial charge in [-0.25, -0.2) is 4.68 Å². The van der Waals surface area contributed by atoms with Crippen molar-refractivity contribution in [1.29, 1.82) is 0 Å². The third-order valence-electron chi connectivity index (χ3n) is 4.41. The van der Waals surface area contributed by atoms with Crippen LogP contribution in [0.1, 0.15) is 16.8 Å². The summed E-state index contributed by atoms with van der Waals surface area (Å²) in [6.45, 7) is 2.74. The van der Waals surface area contributed by atoms with Crippen molar-refractivity contribution in [3.05, 3.63) is 24.0 Å². The number of nitrogen functional groups attached to an aromatic ring is 1. The van der Waals surface area contributed by atoms with Crippen molar-refractivity contribution in [2.45, 2.75) is 24.4 Å². The number of pyridine rings is 1. The molecule has 2 aromatic rings. The number of nitrogens with one attached hydrogen (secondary N) is 3. The van der Waals surface area contributed by atoms with Crippen molar-refractivity contribution in [1.82, 2.24) is 20.1 Å². The minimum Gasteiger partial charge on any atom is -0.487 e. The SMILES string of the molecule is Nc1nn2c(c1C(=O)Nc1cnccc1O[C@@H]1CCNC1)NCC(Cl)C2. The first-order chi connectivity index (χ1) is 12.6.